The summed E-state index contributed by atoms with van der Waals surface area (Å²) in [6.45, 7) is 0.143. The molecule has 1 aromatic carbocycles. The molecule has 0 aliphatic rings. The van der Waals surface area contributed by atoms with Crippen LogP contribution < -0.4 is 15.2 Å². The lowest BCUT2D eigenvalue weighted by atomic mass is 10.2. The lowest BCUT2D eigenvalue weighted by Gasteiger charge is -2.09. The average Bonchev–Trinajstić information content (AvgIpc) is 2.25. The number of hydrogen-bond donors (Lipinski definition) is 2. The third-order valence-corrected chi connectivity index (χ3v) is 1.77. The maximum atomic E-state index is 7.32. The number of hydrogen-bond acceptors (Lipinski definition) is 4. The van der Waals surface area contributed by atoms with Gasteiger partial charge in [-0.2, -0.15) is 0 Å². The van der Waals surface area contributed by atoms with Gasteiger partial charge in [0.05, 0.1) is 7.11 Å². The molecule has 0 atom stereocenters. The molecule has 0 saturated heterocycles. The zero-order valence-corrected chi connectivity index (χ0v) is 8.74. The first-order chi connectivity index (χ1) is 7.17. The predicted octanol–water partition coefficient (Wildman–Crippen LogP) is 0.962. The van der Waals surface area contributed by atoms with Crippen LogP contribution in [-0.2, 0) is 4.74 Å². The van der Waals surface area contributed by atoms with Gasteiger partial charge in [0.1, 0.15) is 17.3 Å². The Kier molecular flexibility index (Phi) is 3.93. The van der Waals surface area contributed by atoms with Crippen molar-refractivity contribution in [1.29, 1.82) is 5.41 Å². The maximum Gasteiger partial charge on any atom is 0.188 e. The summed E-state index contributed by atoms with van der Waals surface area (Å²) in [7, 11) is 3.07. The molecule has 0 amide bonds. The highest BCUT2D eigenvalue weighted by atomic mass is 16.7. The molecule has 15 heavy (non-hydrogen) atoms. The van der Waals surface area contributed by atoms with Crippen LogP contribution in [0.4, 0.5) is 0 Å². The van der Waals surface area contributed by atoms with Gasteiger partial charge in [-0.1, -0.05) is 0 Å². The second-order valence-electron chi connectivity index (χ2n) is 2.86. The molecule has 1 aromatic rings. The Bertz CT molecular complexity index is 353. The fraction of sp³-hybridized carbons (Fsp3) is 0.300. The van der Waals surface area contributed by atoms with Crippen LogP contribution in [0.1, 0.15) is 5.56 Å². The molecule has 0 unspecified atom stereocenters. The fourth-order valence-electron chi connectivity index (χ4n) is 1.06. The molecule has 0 aliphatic carbocycles. The summed E-state index contributed by atoms with van der Waals surface area (Å²) in [5, 5.41) is 7.32. The van der Waals surface area contributed by atoms with Gasteiger partial charge >= 0.3 is 0 Å². The average molecular weight is 210 g/mol. The SMILES string of the molecule is COCOc1cc(OC)cc(C(=N)N)c1. The number of nitrogens with one attached hydrogen (secondary N) is 1. The van der Waals surface area contributed by atoms with E-state index in [9.17, 15) is 0 Å². The zero-order valence-electron chi connectivity index (χ0n) is 8.74. The van der Waals surface area contributed by atoms with Crippen LogP contribution in [0.25, 0.3) is 0 Å². The molecule has 0 fully saturated rings. The minimum Gasteiger partial charge on any atom is -0.497 e. The van der Waals surface area contributed by atoms with Crippen molar-refractivity contribution < 1.29 is 14.2 Å². The fourth-order valence-corrected chi connectivity index (χ4v) is 1.06. The van der Waals surface area contributed by atoms with Crippen molar-refractivity contribution in [2.24, 2.45) is 5.73 Å². The number of amidine groups is 1. The van der Waals surface area contributed by atoms with E-state index in [0.29, 0.717) is 17.1 Å². The summed E-state index contributed by atoms with van der Waals surface area (Å²) >= 11 is 0. The number of ether oxygens (including phenoxy) is 3. The Balaban J connectivity index is 2.95. The zero-order chi connectivity index (χ0) is 11.3. The van der Waals surface area contributed by atoms with Gasteiger partial charge in [-0.3, -0.25) is 5.41 Å². The number of methoxy groups -OCH3 is 2. The molecule has 0 spiro atoms. The summed E-state index contributed by atoms with van der Waals surface area (Å²) in [6, 6.07) is 5.03. The lowest BCUT2D eigenvalue weighted by Crippen LogP contribution is -2.11. The van der Waals surface area contributed by atoms with Crippen LogP contribution in [0.2, 0.25) is 0 Å². The van der Waals surface area contributed by atoms with E-state index >= 15 is 0 Å². The topological polar surface area (TPSA) is 77.6 Å². The van der Waals surface area contributed by atoms with E-state index in [4.69, 9.17) is 25.4 Å². The Hall–Kier alpha value is -1.75. The van der Waals surface area contributed by atoms with E-state index < -0.39 is 0 Å². The first-order valence-electron chi connectivity index (χ1n) is 4.32. The van der Waals surface area contributed by atoms with Crippen LogP contribution in [0.5, 0.6) is 11.5 Å². The van der Waals surface area contributed by atoms with Crippen molar-refractivity contribution >= 4 is 5.84 Å². The first kappa shape index (κ1) is 11.3. The van der Waals surface area contributed by atoms with Crippen molar-refractivity contribution in [3.8, 4) is 11.5 Å². The van der Waals surface area contributed by atoms with Crippen molar-refractivity contribution in [1.82, 2.24) is 0 Å². The van der Waals surface area contributed by atoms with Gasteiger partial charge in [0, 0.05) is 18.7 Å². The second kappa shape index (κ2) is 5.21. The number of benzene rings is 1. The van der Waals surface area contributed by atoms with Gasteiger partial charge < -0.3 is 19.9 Å². The monoisotopic (exact) mass is 210 g/mol. The van der Waals surface area contributed by atoms with E-state index in [2.05, 4.69) is 0 Å². The summed E-state index contributed by atoms with van der Waals surface area (Å²) in [5.41, 5.74) is 5.93. The Morgan fingerprint density at radius 2 is 1.93 bits per heavy atom. The minimum atomic E-state index is -0.0313. The smallest absolute Gasteiger partial charge is 0.188 e. The van der Waals surface area contributed by atoms with Crippen LogP contribution in [0, 0.1) is 5.41 Å². The van der Waals surface area contributed by atoms with Gasteiger partial charge in [-0.05, 0) is 12.1 Å². The molecule has 0 radical (unpaired) electrons. The van der Waals surface area contributed by atoms with Crippen molar-refractivity contribution in [2.45, 2.75) is 0 Å². The molecule has 0 aromatic heterocycles. The third kappa shape index (κ3) is 3.14. The van der Waals surface area contributed by atoms with Gasteiger partial charge in [0.15, 0.2) is 6.79 Å². The normalized spacial score (nSPS) is 9.73. The van der Waals surface area contributed by atoms with Gasteiger partial charge in [0.2, 0.25) is 0 Å². The molecule has 5 nitrogen and oxygen atoms in total. The molecule has 0 aliphatic heterocycles. The standard InChI is InChI=1S/C10H14N2O3/c1-13-6-15-9-4-7(10(11)12)3-8(5-9)14-2/h3-5H,6H2,1-2H3,(H3,11,12). The molecule has 3 N–H and O–H groups in total. The largest absolute Gasteiger partial charge is 0.497 e. The summed E-state index contributed by atoms with van der Waals surface area (Å²) < 4.78 is 15.1. The third-order valence-electron chi connectivity index (χ3n) is 1.77. The highest BCUT2D eigenvalue weighted by Gasteiger charge is 2.04. The summed E-state index contributed by atoms with van der Waals surface area (Å²) in [6.07, 6.45) is 0. The van der Waals surface area contributed by atoms with E-state index in [1.54, 1.807) is 25.3 Å². The van der Waals surface area contributed by atoms with E-state index in [1.165, 1.54) is 7.11 Å². The van der Waals surface area contributed by atoms with E-state index in [1.807, 2.05) is 0 Å². The number of nitrogen functional groups attached to an aromatic ring is 1. The Morgan fingerprint density at radius 3 is 2.47 bits per heavy atom. The lowest BCUT2D eigenvalue weighted by molar-refractivity contribution is 0.0510. The summed E-state index contributed by atoms with van der Waals surface area (Å²) in [5.74, 6) is 1.12. The predicted molar refractivity (Wildman–Crippen MR) is 56.5 cm³/mol. The van der Waals surface area contributed by atoms with Gasteiger partial charge in [0.25, 0.3) is 0 Å². The number of rotatable bonds is 5. The van der Waals surface area contributed by atoms with Gasteiger partial charge in [-0.25, -0.2) is 0 Å². The van der Waals surface area contributed by atoms with E-state index in [-0.39, 0.29) is 12.6 Å². The quantitative estimate of drug-likeness (QED) is 0.431. The van der Waals surface area contributed by atoms with Crippen molar-refractivity contribution in [3.05, 3.63) is 23.8 Å². The molecule has 0 heterocycles. The van der Waals surface area contributed by atoms with Crippen molar-refractivity contribution in [2.75, 3.05) is 21.0 Å². The molecule has 0 saturated carbocycles. The highest BCUT2D eigenvalue weighted by molar-refractivity contribution is 5.95. The molecule has 82 valence electrons. The van der Waals surface area contributed by atoms with E-state index in [0.717, 1.165) is 0 Å². The van der Waals surface area contributed by atoms with Gasteiger partial charge in [-0.15, -0.1) is 0 Å². The van der Waals surface area contributed by atoms with Crippen LogP contribution in [-0.4, -0.2) is 26.8 Å². The molecule has 5 heteroatoms. The molecule has 1 rings (SSSR count). The Labute approximate surface area is 88.3 Å². The first-order valence-corrected chi connectivity index (χ1v) is 4.32. The summed E-state index contributed by atoms with van der Waals surface area (Å²) in [4.78, 5) is 0. The van der Waals surface area contributed by atoms with Crippen LogP contribution in [0.3, 0.4) is 0 Å². The molecule has 0 bridgehead atoms. The maximum absolute atomic E-state index is 7.32. The van der Waals surface area contributed by atoms with Crippen LogP contribution >= 0.6 is 0 Å². The molecular formula is C10H14N2O3. The van der Waals surface area contributed by atoms with Crippen LogP contribution in [0.15, 0.2) is 18.2 Å². The highest BCUT2D eigenvalue weighted by Crippen LogP contribution is 2.22. The minimum absolute atomic E-state index is 0.0313. The Morgan fingerprint density at radius 1 is 1.27 bits per heavy atom. The number of nitrogens with two attached hydrogens (primary N) is 1. The molecular weight excluding hydrogens is 196 g/mol. The van der Waals surface area contributed by atoms with Crippen molar-refractivity contribution in [3.63, 3.8) is 0 Å². The second-order valence-corrected chi connectivity index (χ2v) is 2.86.